The molecule has 0 fully saturated rings. The van der Waals surface area contributed by atoms with Crippen molar-refractivity contribution >= 4 is 11.1 Å². The van der Waals surface area contributed by atoms with Gasteiger partial charge >= 0.3 is 0 Å². The van der Waals surface area contributed by atoms with E-state index in [1.807, 2.05) is 0 Å². The Morgan fingerprint density at radius 2 is 1.86 bits per heavy atom. The van der Waals surface area contributed by atoms with Crippen LogP contribution in [0, 0.1) is 0 Å². The Labute approximate surface area is 84.2 Å². The first-order valence-electron chi connectivity index (χ1n) is 3.96. The van der Waals surface area contributed by atoms with Crippen molar-refractivity contribution in [1.29, 1.82) is 0 Å². The largest absolute Gasteiger partial charge is 0.768 e. The molecule has 1 atom stereocenters. The standard InChI is InChI=1S/C9H11FO3S/c1-9(2,10)13-7-3-5-8(6-4-7)14(11)12/h3-6H,1-2H3,(H,11,12)/p-1. The van der Waals surface area contributed by atoms with Gasteiger partial charge in [-0.2, -0.15) is 4.39 Å². The second-order valence-corrected chi connectivity index (χ2v) is 4.11. The summed E-state index contributed by atoms with van der Waals surface area (Å²) >= 11 is -2.26. The van der Waals surface area contributed by atoms with E-state index < -0.39 is 16.9 Å². The summed E-state index contributed by atoms with van der Waals surface area (Å²) in [5, 5.41) is 0. The van der Waals surface area contributed by atoms with Crippen molar-refractivity contribution in [2.24, 2.45) is 0 Å². The van der Waals surface area contributed by atoms with Gasteiger partial charge in [-0.05, 0) is 35.3 Å². The van der Waals surface area contributed by atoms with Crippen LogP contribution in [-0.4, -0.2) is 14.6 Å². The molecule has 5 heteroatoms. The average molecular weight is 217 g/mol. The van der Waals surface area contributed by atoms with Crippen molar-refractivity contribution < 1.29 is 17.9 Å². The SMILES string of the molecule is CC(C)(F)Oc1ccc(S(=O)[O-])cc1. The fourth-order valence-corrected chi connectivity index (χ4v) is 1.26. The maximum atomic E-state index is 13.0. The highest BCUT2D eigenvalue weighted by Crippen LogP contribution is 2.20. The van der Waals surface area contributed by atoms with Crippen molar-refractivity contribution in [3.63, 3.8) is 0 Å². The van der Waals surface area contributed by atoms with Gasteiger partial charge in [0.15, 0.2) is 0 Å². The first-order valence-corrected chi connectivity index (χ1v) is 5.03. The van der Waals surface area contributed by atoms with Gasteiger partial charge in [-0.3, -0.25) is 4.21 Å². The summed E-state index contributed by atoms with van der Waals surface area (Å²) in [4.78, 5) is 0.147. The minimum atomic E-state index is -2.26. The molecule has 0 bridgehead atoms. The molecule has 0 radical (unpaired) electrons. The van der Waals surface area contributed by atoms with Crippen LogP contribution in [0.5, 0.6) is 5.75 Å². The Balaban J connectivity index is 2.79. The third-order valence-electron chi connectivity index (χ3n) is 1.38. The Morgan fingerprint density at radius 3 is 2.21 bits per heavy atom. The van der Waals surface area contributed by atoms with Crippen molar-refractivity contribution in [1.82, 2.24) is 0 Å². The summed E-state index contributed by atoms with van der Waals surface area (Å²) in [6, 6.07) is 5.52. The van der Waals surface area contributed by atoms with Crippen LogP contribution in [0.15, 0.2) is 29.2 Å². The molecule has 3 nitrogen and oxygen atoms in total. The number of benzene rings is 1. The molecule has 0 aliphatic rings. The summed E-state index contributed by atoms with van der Waals surface area (Å²) < 4.78 is 38.8. The van der Waals surface area contributed by atoms with Crippen LogP contribution >= 0.6 is 0 Å². The van der Waals surface area contributed by atoms with Gasteiger partial charge in [0.1, 0.15) is 5.75 Å². The molecular formula is C9H10FO3S-. The zero-order valence-corrected chi connectivity index (χ0v) is 8.64. The highest BCUT2D eigenvalue weighted by molar-refractivity contribution is 7.79. The fourth-order valence-electron chi connectivity index (χ4n) is 0.899. The molecule has 0 amide bonds. The van der Waals surface area contributed by atoms with Gasteiger partial charge in [0.2, 0.25) is 5.85 Å². The summed E-state index contributed by atoms with van der Waals surface area (Å²) in [5.41, 5.74) is 0. The highest BCUT2D eigenvalue weighted by atomic mass is 32.2. The Kier molecular flexibility index (Phi) is 3.23. The number of hydrogen-bond acceptors (Lipinski definition) is 3. The molecule has 0 heterocycles. The molecule has 0 spiro atoms. The summed E-state index contributed by atoms with van der Waals surface area (Å²) in [6.45, 7) is 2.54. The first-order chi connectivity index (χ1) is 6.38. The van der Waals surface area contributed by atoms with E-state index in [0.29, 0.717) is 5.75 Å². The minimum absolute atomic E-state index is 0.147. The van der Waals surface area contributed by atoms with Crippen molar-refractivity contribution in [2.45, 2.75) is 24.6 Å². The summed E-state index contributed by atoms with van der Waals surface area (Å²) in [7, 11) is 0. The van der Waals surface area contributed by atoms with Crippen LogP contribution < -0.4 is 4.74 Å². The maximum absolute atomic E-state index is 13.0. The average Bonchev–Trinajstić information content (AvgIpc) is 2.02. The lowest BCUT2D eigenvalue weighted by Crippen LogP contribution is -2.20. The normalized spacial score (nSPS) is 13.7. The van der Waals surface area contributed by atoms with Gasteiger partial charge in [-0.1, -0.05) is 0 Å². The van der Waals surface area contributed by atoms with E-state index in [9.17, 15) is 13.2 Å². The van der Waals surface area contributed by atoms with Crippen LogP contribution in [0.25, 0.3) is 0 Å². The van der Waals surface area contributed by atoms with E-state index in [2.05, 4.69) is 0 Å². The smallest absolute Gasteiger partial charge is 0.242 e. The lowest BCUT2D eigenvalue weighted by Gasteiger charge is -2.17. The van der Waals surface area contributed by atoms with Crippen molar-refractivity contribution in [3.8, 4) is 5.75 Å². The van der Waals surface area contributed by atoms with Crippen LogP contribution in [0.1, 0.15) is 13.8 Å². The second-order valence-electron chi connectivity index (χ2n) is 3.17. The number of alkyl halides is 1. The van der Waals surface area contributed by atoms with Crippen LogP contribution in [0.2, 0.25) is 0 Å². The maximum Gasteiger partial charge on any atom is 0.242 e. The molecule has 1 unspecified atom stereocenters. The molecule has 1 rings (SSSR count). The Bertz CT molecular complexity index is 329. The molecule has 0 N–H and O–H groups in total. The molecule has 78 valence electrons. The van der Waals surface area contributed by atoms with E-state index in [1.165, 1.54) is 38.1 Å². The van der Waals surface area contributed by atoms with Crippen LogP contribution in [0.3, 0.4) is 0 Å². The zero-order chi connectivity index (χ0) is 10.8. The van der Waals surface area contributed by atoms with E-state index in [-0.39, 0.29) is 4.90 Å². The molecule has 0 saturated carbocycles. The topological polar surface area (TPSA) is 49.4 Å². The number of ether oxygens (including phenoxy) is 1. The molecule has 14 heavy (non-hydrogen) atoms. The monoisotopic (exact) mass is 217 g/mol. The van der Waals surface area contributed by atoms with Gasteiger partial charge in [0, 0.05) is 18.7 Å². The van der Waals surface area contributed by atoms with E-state index >= 15 is 0 Å². The predicted molar refractivity (Wildman–Crippen MR) is 49.4 cm³/mol. The molecular weight excluding hydrogens is 207 g/mol. The van der Waals surface area contributed by atoms with E-state index in [4.69, 9.17) is 4.74 Å². The molecule has 1 aromatic rings. The van der Waals surface area contributed by atoms with E-state index in [0.717, 1.165) is 0 Å². The minimum Gasteiger partial charge on any atom is -0.768 e. The lowest BCUT2D eigenvalue weighted by atomic mass is 10.3. The zero-order valence-electron chi connectivity index (χ0n) is 7.82. The third kappa shape index (κ3) is 3.43. The Hall–Kier alpha value is -0.940. The highest BCUT2D eigenvalue weighted by Gasteiger charge is 2.16. The van der Waals surface area contributed by atoms with Gasteiger partial charge in [0.25, 0.3) is 0 Å². The first kappa shape index (κ1) is 11.1. The number of rotatable bonds is 3. The summed E-state index contributed by atoms with van der Waals surface area (Å²) in [5.74, 6) is -1.47. The predicted octanol–water partition coefficient (Wildman–Crippen LogP) is 2.01. The molecule has 1 aromatic carbocycles. The van der Waals surface area contributed by atoms with Gasteiger partial charge in [-0.25, -0.2) is 0 Å². The number of hydrogen-bond donors (Lipinski definition) is 0. The third-order valence-corrected chi connectivity index (χ3v) is 2.03. The molecule has 0 saturated heterocycles. The van der Waals surface area contributed by atoms with Crippen LogP contribution in [0.4, 0.5) is 4.39 Å². The van der Waals surface area contributed by atoms with Crippen LogP contribution in [-0.2, 0) is 11.1 Å². The van der Waals surface area contributed by atoms with Crippen molar-refractivity contribution in [2.75, 3.05) is 0 Å². The fraction of sp³-hybridized carbons (Fsp3) is 0.333. The Morgan fingerprint density at radius 1 is 1.36 bits per heavy atom. The van der Waals surface area contributed by atoms with Gasteiger partial charge < -0.3 is 9.29 Å². The quantitative estimate of drug-likeness (QED) is 0.728. The molecule has 0 aliphatic carbocycles. The molecule has 0 aliphatic heterocycles. The number of halogens is 1. The van der Waals surface area contributed by atoms with E-state index in [1.54, 1.807) is 0 Å². The van der Waals surface area contributed by atoms with Gasteiger partial charge in [-0.15, -0.1) is 0 Å². The second kappa shape index (κ2) is 4.06. The van der Waals surface area contributed by atoms with Gasteiger partial charge in [0.05, 0.1) is 0 Å². The lowest BCUT2D eigenvalue weighted by molar-refractivity contribution is -0.0257. The molecule has 0 aromatic heterocycles. The van der Waals surface area contributed by atoms with Crippen molar-refractivity contribution in [3.05, 3.63) is 24.3 Å². The summed E-state index contributed by atoms with van der Waals surface area (Å²) in [6.07, 6.45) is 0.